The van der Waals surface area contributed by atoms with E-state index in [0.717, 1.165) is 20.1 Å². The van der Waals surface area contributed by atoms with Gasteiger partial charge in [-0.05, 0) is 41.0 Å². The summed E-state index contributed by atoms with van der Waals surface area (Å²) in [5.74, 6) is -1.35. The number of rotatable bonds is 12. The van der Waals surface area contributed by atoms with Gasteiger partial charge in [-0.2, -0.15) is 0 Å². The summed E-state index contributed by atoms with van der Waals surface area (Å²) in [7, 11) is 4.20. The Morgan fingerprint density at radius 3 is 2.38 bits per heavy atom. The topological polar surface area (TPSA) is 97.8 Å². The molecule has 0 radical (unpaired) electrons. The van der Waals surface area contributed by atoms with Gasteiger partial charge in [0.25, 0.3) is 0 Å². The number of esters is 1. The van der Waals surface area contributed by atoms with Crippen LogP contribution in [0.5, 0.6) is 0 Å². The molecule has 11 heteroatoms. The Labute approximate surface area is 255 Å². The number of hydrogen-bond acceptors (Lipinski definition) is 9. The van der Waals surface area contributed by atoms with Gasteiger partial charge in [0, 0.05) is 12.7 Å². The van der Waals surface area contributed by atoms with Gasteiger partial charge < -0.3 is 19.7 Å². The van der Waals surface area contributed by atoms with Gasteiger partial charge in [-0.1, -0.05) is 90.2 Å². The fourth-order valence-electron chi connectivity index (χ4n) is 4.56. The van der Waals surface area contributed by atoms with Crippen molar-refractivity contribution < 1.29 is 23.9 Å². The van der Waals surface area contributed by atoms with Crippen molar-refractivity contribution in [3.05, 3.63) is 108 Å². The first-order valence-electron chi connectivity index (χ1n) is 13.1. The molecule has 5 rings (SSSR count). The second kappa shape index (κ2) is 13.6. The number of ether oxygens (including phenoxy) is 2. The van der Waals surface area contributed by atoms with E-state index in [4.69, 9.17) is 9.47 Å². The molecule has 0 spiro atoms. The number of thiazole rings is 1. The van der Waals surface area contributed by atoms with Crippen molar-refractivity contribution in [2.24, 2.45) is 0 Å². The summed E-state index contributed by atoms with van der Waals surface area (Å²) < 4.78 is 13.0. The van der Waals surface area contributed by atoms with Crippen molar-refractivity contribution in [2.45, 2.75) is 41.4 Å². The van der Waals surface area contributed by atoms with Crippen molar-refractivity contribution in [3.63, 3.8) is 0 Å². The van der Waals surface area contributed by atoms with Gasteiger partial charge in [0.05, 0.1) is 16.6 Å². The zero-order valence-corrected chi connectivity index (χ0v) is 25.4. The highest BCUT2D eigenvalue weighted by atomic mass is 33.1. The Hall–Kier alpha value is -3.64. The minimum atomic E-state index is -1.07. The number of amides is 2. The average molecular weight is 620 g/mol. The van der Waals surface area contributed by atoms with Gasteiger partial charge in [0.2, 0.25) is 18.1 Å². The Bertz CT molecular complexity index is 1550. The van der Waals surface area contributed by atoms with E-state index >= 15 is 0 Å². The molecule has 4 atom stereocenters. The number of para-hydroxylation sites is 1. The van der Waals surface area contributed by atoms with Crippen LogP contribution in [-0.4, -0.2) is 52.2 Å². The van der Waals surface area contributed by atoms with E-state index in [1.807, 2.05) is 72.8 Å². The van der Waals surface area contributed by atoms with E-state index in [0.29, 0.717) is 11.1 Å². The molecule has 1 aliphatic heterocycles. The lowest BCUT2D eigenvalue weighted by molar-refractivity contribution is -0.184. The molecule has 1 N–H and O–H groups in total. The van der Waals surface area contributed by atoms with Crippen LogP contribution >= 0.6 is 32.9 Å². The van der Waals surface area contributed by atoms with Gasteiger partial charge in [-0.3, -0.25) is 9.59 Å². The number of methoxy groups -OCH3 is 1. The first kappa shape index (κ1) is 29.8. The zero-order valence-electron chi connectivity index (χ0n) is 23.0. The first-order valence-corrected chi connectivity index (χ1v) is 16.2. The Morgan fingerprint density at radius 2 is 1.71 bits per heavy atom. The monoisotopic (exact) mass is 619 g/mol. The lowest BCUT2D eigenvalue weighted by Crippen LogP contribution is -2.73. The van der Waals surface area contributed by atoms with Crippen molar-refractivity contribution in [2.75, 3.05) is 7.11 Å². The van der Waals surface area contributed by atoms with Crippen molar-refractivity contribution in [1.29, 1.82) is 0 Å². The number of carbonyl (C=O) groups is 3. The predicted octanol–water partition coefficient (Wildman–Crippen LogP) is 5.77. The Kier molecular flexibility index (Phi) is 9.63. The van der Waals surface area contributed by atoms with Crippen LogP contribution < -0.4 is 5.32 Å². The van der Waals surface area contributed by atoms with E-state index in [1.165, 1.54) is 44.9 Å². The molecule has 1 aromatic heterocycles. The Balaban J connectivity index is 1.36. The number of carbonyl (C=O) groups excluding carboxylic acids is 3. The van der Waals surface area contributed by atoms with Gasteiger partial charge in [0.1, 0.15) is 11.4 Å². The number of benzene rings is 3. The molecule has 4 unspecified atom stereocenters. The molecule has 0 saturated carbocycles. The van der Waals surface area contributed by atoms with Crippen LogP contribution in [0.2, 0.25) is 0 Å². The maximum Gasteiger partial charge on any atom is 0.335 e. The normalized spacial score (nSPS) is 17.8. The molecule has 4 aromatic rings. The molecule has 3 aromatic carbocycles. The largest absolute Gasteiger partial charge is 0.429 e. The van der Waals surface area contributed by atoms with Gasteiger partial charge in [-0.15, -0.1) is 11.3 Å². The summed E-state index contributed by atoms with van der Waals surface area (Å²) in [6.07, 6.45) is -0.826. The molecule has 0 bridgehead atoms. The summed E-state index contributed by atoms with van der Waals surface area (Å²) in [4.78, 5) is 46.2. The molecule has 8 nitrogen and oxygen atoms in total. The Morgan fingerprint density at radius 1 is 1.05 bits per heavy atom. The highest BCUT2D eigenvalue weighted by molar-refractivity contribution is 8.77. The standard InChI is InChI=1S/C31H29N3O5S3/c1-19(2)26(29(37)39-30(38-3)21-14-8-5-9-15-21)34-27(36)25(33-24(35)18-20-12-6-4-7-13-20)28(34)41-42-31-32-22-16-10-11-17-23(22)40-31/h4-17,25-26,28,30H,1,18H2,2-3H3,(H,33,35). The summed E-state index contributed by atoms with van der Waals surface area (Å²) in [5, 5.41) is 2.30. The highest BCUT2D eigenvalue weighted by Crippen LogP contribution is 2.45. The molecule has 2 amide bonds. The second-order valence-corrected chi connectivity index (χ2v) is 13.2. The van der Waals surface area contributed by atoms with Crippen LogP contribution in [0.15, 0.2) is 101 Å². The van der Waals surface area contributed by atoms with Crippen molar-refractivity contribution >= 4 is 60.9 Å². The fraction of sp³-hybridized carbons (Fsp3) is 0.226. The number of aromatic nitrogens is 1. The van der Waals surface area contributed by atoms with Crippen LogP contribution in [-0.2, 0) is 30.3 Å². The molecule has 42 heavy (non-hydrogen) atoms. The number of fused-ring (bicyclic) bond motifs is 1. The molecule has 1 aliphatic rings. The third kappa shape index (κ3) is 6.70. The average Bonchev–Trinajstić information content (AvgIpc) is 3.42. The van der Waals surface area contributed by atoms with Gasteiger partial charge in [-0.25, -0.2) is 9.78 Å². The molecular weight excluding hydrogens is 591 g/mol. The van der Waals surface area contributed by atoms with E-state index in [2.05, 4.69) is 16.9 Å². The van der Waals surface area contributed by atoms with Crippen LogP contribution in [0.4, 0.5) is 0 Å². The van der Waals surface area contributed by atoms with Crippen molar-refractivity contribution in [1.82, 2.24) is 15.2 Å². The summed E-state index contributed by atoms with van der Waals surface area (Å²) >= 11 is 1.54. The van der Waals surface area contributed by atoms with Gasteiger partial charge >= 0.3 is 5.97 Å². The van der Waals surface area contributed by atoms with Gasteiger partial charge in [0.15, 0.2) is 10.4 Å². The predicted molar refractivity (Wildman–Crippen MR) is 167 cm³/mol. The minimum absolute atomic E-state index is 0.131. The van der Waals surface area contributed by atoms with E-state index in [9.17, 15) is 14.4 Å². The third-order valence-electron chi connectivity index (χ3n) is 6.57. The molecule has 1 saturated heterocycles. The number of nitrogens with zero attached hydrogens (tertiary/aromatic N) is 2. The molecule has 2 heterocycles. The van der Waals surface area contributed by atoms with Crippen LogP contribution in [0.25, 0.3) is 10.2 Å². The third-order valence-corrected chi connectivity index (χ3v) is 10.6. The molecular formula is C31H29N3O5S3. The first-order chi connectivity index (χ1) is 20.4. The maximum absolute atomic E-state index is 13.6. The minimum Gasteiger partial charge on any atom is -0.429 e. The van der Waals surface area contributed by atoms with E-state index in [1.54, 1.807) is 19.1 Å². The maximum atomic E-state index is 13.6. The zero-order chi connectivity index (χ0) is 29.6. The number of likely N-dealkylation sites (tertiary alicyclic amines) is 1. The SMILES string of the molecule is C=C(C)C(C(=O)OC(OC)c1ccccc1)N1C(=O)C(NC(=O)Cc2ccccc2)C1SSc1nc2ccccc2s1. The number of nitrogens with one attached hydrogen (secondary N) is 1. The molecule has 0 aliphatic carbocycles. The molecule has 1 fully saturated rings. The van der Waals surface area contributed by atoms with Crippen LogP contribution in [0, 0.1) is 0 Å². The van der Waals surface area contributed by atoms with Crippen molar-refractivity contribution in [3.8, 4) is 0 Å². The summed E-state index contributed by atoms with van der Waals surface area (Å²) in [6.45, 7) is 5.67. The van der Waals surface area contributed by atoms with E-state index < -0.39 is 35.6 Å². The quantitative estimate of drug-likeness (QED) is 0.0703. The lowest BCUT2D eigenvalue weighted by Gasteiger charge is -2.49. The number of β-lactam (4-membered cyclic amide) rings is 1. The smallest absolute Gasteiger partial charge is 0.335 e. The summed E-state index contributed by atoms with van der Waals surface area (Å²) in [6, 6.07) is 24.3. The molecule has 216 valence electrons. The van der Waals surface area contributed by atoms with E-state index in [-0.39, 0.29) is 12.3 Å². The highest BCUT2D eigenvalue weighted by Gasteiger charge is 2.54. The lowest BCUT2D eigenvalue weighted by atomic mass is 9.99. The second-order valence-electron chi connectivity index (χ2n) is 9.63. The summed E-state index contributed by atoms with van der Waals surface area (Å²) in [5.41, 5.74) is 2.81. The van der Waals surface area contributed by atoms with Crippen LogP contribution in [0.1, 0.15) is 24.3 Å². The number of hydrogen-bond donors (Lipinski definition) is 1. The fourth-order valence-corrected chi connectivity index (χ4v) is 8.52. The van der Waals surface area contributed by atoms with Crippen LogP contribution in [0.3, 0.4) is 0 Å².